The molecule has 166 valence electrons. The molecule has 0 N–H and O–H groups in total. The van der Waals surface area contributed by atoms with Gasteiger partial charge in [0.25, 0.3) is 5.56 Å². The zero-order valence-corrected chi connectivity index (χ0v) is 19.9. The van der Waals surface area contributed by atoms with Crippen molar-refractivity contribution in [1.82, 2.24) is 19.2 Å². The molecule has 0 bridgehead atoms. The van der Waals surface area contributed by atoms with Crippen LogP contribution in [-0.2, 0) is 18.6 Å². The summed E-state index contributed by atoms with van der Waals surface area (Å²) in [7, 11) is 0. The summed E-state index contributed by atoms with van der Waals surface area (Å²) >= 11 is 3.40. The van der Waals surface area contributed by atoms with Crippen LogP contribution >= 0.6 is 23.1 Å². The Kier molecular flexibility index (Phi) is 4.60. The van der Waals surface area contributed by atoms with Gasteiger partial charge in [-0.1, -0.05) is 72.4 Å². The van der Waals surface area contributed by atoms with Crippen LogP contribution in [0.4, 0.5) is 0 Å². The van der Waals surface area contributed by atoms with Gasteiger partial charge in [-0.25, -0.2) is 8.97 Å². The summed E-state index contributed by atoms with van der Waals surface area (Å²) in [6.07, 6.45) is 3.12. The normalized spacial score (nSPS) is 13.3. The van der Waals surface area contributed by atoms with Crippen LogP contribution < -0.4 is 5.56 Å². The molecular formula is C27H20N4OS2. The number of rotatable bonds is 4. The van der Waals surface area contributed by atoms with Crippen molar-refractivity contribution in [1.29, 1.82) is 0 Å². The van der Waals surface area contributed by atoms with Crippen LogP contribution in [0.15, 0.2) is 82.7 Å². The molecule has 3 aromatic heterocycles. The molecule has 0 saturated heterocycles. The van der Waals surface area contributed by atoms with Gasteiger partial charge < -0.3 is 0 Å². The topological polar surface area (TPSA) is 52.2 Å². The summed E-state index contributed by atoms with van der Waals surface area (Å²) in [5.74, 6) is 1.35. The highest BCUT2D eigenvalue weighted by Gasteiger charge is 2.26. The highest BCUT2D eigenvalue weighted by atomic mass is 32.2. The lowest BCUT2D eigenvalue weighted by Gasteiger charge is -2.10. The van der Waals surface area contributed by atoms with Gasteiger partial charge in [-0.3, -0.25) is 4.79 Å². The lowest BCUT2D eigenvalue weighted by Crippen LogP contribution is -2.21. The molecule has 0 unspecified atom stereocenters. The largest absolute Gasteiger partial charge is 0.268 e. The zero-order valence-electron chi connectivity index (χ0n) is 18.3. The van der Waals surface area contributed by atoms with E-state index in [0.717, 1.165) is 46.1 Å². The second kappa shape index (κ2) is 7.82. The first-order valence-corrected chi connectivity index (χ1v) is 13.2. The van der Waals surface area contributed by atoms with Gasteiger partial charge in [-0.2, -0.15) is 0 Å². The Morgan fingerprint density at radius 3 is 2.65 bits per heavy atom. The quantitative estimate of drug-likeness (QED) is 0.289. The van der Waals surface area contributed by atoms with E-state index in [1.807, 2.05) is 30.3 Å². The van der Waals surface area contributed by atoms with Crippen molar-refractivity contribution < 1.29 is 0 Å². The van der Waals surface area contributed by atoms with E-state index >= 15 is 0 Å². The molecule has 0 amide bonds. The monoisotopic (exact) mass is 480 g/mol. The summed E-state index contributed by atoms with van der Waals surface area (Å²) in [5, 5.41) is 13.2. The lowest BCUT2D eigenvalue weighted by atomic mass is 10.1. The van der Waals surface area contributed by atoms with Gasteiger partial charge >= 0.3 is 0 Å². The van der Waals surface area contributed by atoms with Gasteiger partial charge in [0.1, 0.15) is 4.83 Å². The number of thiophene rings is 1. The van der Waals surface area contributed by atoms with Crippen LogP contribution in [0.25, 0.3) is 32.5 Å². The molecule has 1 aliphatic rings. The van der Waals surface area contributed by atoms with Crippen molar-refractivity contribution in [2.45, 2.75) is 30.2 Å². The van der Waals surface area contributed by atoms with Gasteiger partial charge in [0.05, 0.1) is 11.1 Å². The van der Waals surface area contributed by atoms with E-state index in [1.54, 1.807) is 27.7 Å². The van der Waals surface area contributed by atoms with Crippen LogP contribution in [-0.4, -0.2) is 19.2 Å². The van der Waals surface area contributed by atoms with Gasteiger partial charge in [0.15, 0.2) is 5.16 Å². The Hall–Kier alpha value is -3.42. The van der Waals surface area contributed by atoms with E-state index in [4.69, 9.17) is 0 Å². The van der Waals surface area contributed by atoms with Gasteiger partial charge in [0.2, 0.25) is 5.78 Å². The lowest BCUT2D eigenvalue weighted by molar-refractivity contribution is 0.910. The van der Waals surface area contributed by atoms with E-state index < -0.39 is 0 Å². The number of para-hydroxylation sites is 1. The standard InChI is InChI=1S/C27H20N4OS2/c32-24-23-21-14-7-15-22(21)34-25(23)31-26(30(24)19-11-2-1-3-12-19)28-29-27(31)33-16-18-10-6-9-17-8-4-5-13-20(17)18/h1-6,8-13H,7,14-16H2. The first kappa shape index (κ1) is 20.0. The minimum atomic E-state index is 0.00565. The van der Waals surface area contributed by atoms with Crippen LogP contribution in [0.1, 0.15) is 22.4 Å². The third-order valence-electron chi connectivity index (χ3n) is 6.59. The maximum absolute atomic E-state index is 13.8. The van der Waals surface area contributed by atoms with Gasteiger partial charge in [-0.15, -0.1) is 21.5 Å². The maximum Gasteiger partial charge on any atom is 0.268 e. The van der Waals surface area contributed by atoms with E-state index in [2.05, 4.69) is 57.1 Å². The van der Waals surface area contributed by atoms with Crippen LogP contribution in [0, 0.1) is 0 Å². The van der Waals surface area contributed by atoms with E-state index in [0.29, 0.717) is 5.78 Å². The van der Waals surface area contributed by atoms with Crippen LogP contribution in [0.3, 0.4) is 0 Å². The number of nitrogens with zero attached hydrogens (tertiary/aromatic N) is 4. The fraction of sp³-hybridized carbons (Fsp3) is 0.148. The van der Waals surface area contributed by atoms with Crippen LogP contribution in [0.5, 0.6) is 0 Å². The summed E-state index contributed by atoms with van der Waals surface area (Å²) in [6, 6.07) is 24.7. The van der Waals surface area contributed by atoms with E-state index in [1.165, 1.54) is 26.8 Å². The average Bonchev–Trinajstić information content (AvgIpc) is 3.58. The van der Waals surface area contributed by atoms with Crippen molar-refractivity contribution in [3.63, 3.8) is 0 Å². The number of fused-ring (bicyclic) bond motifs is 6. The Morgan fingerprint density at radius 1 is 0.912 bits per heavy atom. The summed E-state index contributed by atoms with van der Waals surface area (Å²) < 4.78 is 3.82. The number of benzene rings is 3. The molecule has 0 spiro atoms. The van der Waals surface area contributed by atoms with Crippen molar-refractivity contribution in [2.24, 2.45) is 0 Å². The van der Waals surface area contributed by atoms with Crippen molar-refractivity contribution in [3.8, 4) is 5.69 Å². The summed E-state index contributed by atoms with van der Waals surface area (Å²) in [6.45, 7) is 0. The molecule has 0 atom stereocenters. The third-order valence-corrected chi connectivity index (χ3v) is 8.84. The number of thioether (sulfide) groups is 1. The Morgan fingerprint density at radius 2 is 1.74 bits per heavy atom. The van der Waals surface area contributed by atoms with E-state index in [9.17, 15) is 4.79 Å². The molecule has 3 aromatic carbocycles. The number of hydrogen-bond donors (Lipinski definition) is 0. The SMILES string of the molecule is O=c1c2c3c(sc2n2c(SCc4cccc5ccccc45)nnc2n1-c1ccccc1)CCC3. The molecule has 0 fully saturated rings. The fourth-order valence-electron chi connectivity index (χ4n) is 5.02. The molecule has 0 aliphatic heterocycles. The number of hydrogen-bond acceptors (Lipinski definition) is 5. The maximum atomic E-state index is 13.8. The summed E-state index contributed by atoms with van der Waals surface area (Å²) in [5.41, 5.74) is 3.30. The van der Waals surface area contributed by atoms with Gasteiger partial charge in [-0.05, 0) is 53.3 Å². The number of aromatic nitrogens is 4. The van der Waals surface area contributed by atoms with Crippen LogP contribution in [0.2, 0.25) is 0 Å². The molecule has 7 rings (SSSR count). The van der Waals surface area contributed by atoms with E-state index in [-0.39, 0.29) is 5.56 Å². The molecule has 7 heteroatoms. The first-order valence-electron chi connectivity index (χ1n) is 11.4. The minimum Gasteiger partial charge on any atom is -0.268 e. The molecule has 34 heavy (non-hydrogen) atoms. The highest BCUT2D eigenvalue weighted by Crippen LogP contribution is 2.38. The van der Waals surface area contributed by atoms with Crippen molar-refractivity contribution >= 4 is 49.9 Å². The summed E-state index contributed by atoms with van der Waals surface area (Å²) in [4.78, 5) is 16.1. The Labute approximate surface area is 203 Å². The minimum absolute atomic E-state index is 0.00565. The molecule has 6 aromatic rings. The molecule has 0 radical (unpaired) electrons. The molecule has 5 nitrogen and oxygen atoms in total. The second-order valence-corrected chi connectivity index (χ2v) is 10.6. The van der Waals surface area contributed by atoms with Crippen molar-refractivity contribution in [2.75, 3.05) is 0 Å². The second-order valence-electron chi connectivity index (χ2n) is 8.56. The molecule has 0 saturated carbocycles. The predicted octanol–water partition coefficient (Wildman–Crippen LogP) is 6.03. The van der Waals surface area contributed by atoms with Gasteiger partial charge in [0, 0.05) is 10.6 Å². The first-order chi connectivity index (χ1) is 16.8. The predicted molar refractivity (Wildman–Crippen MR) is 140 cm³/mol. The average molecular weight is 481 g/mol. The molecular weight excluding hydrogens is 460 g/mol. The molecule has 1 aliphatic carbocycles. The fourth-order valence-corrected chi connectivity index (χ4v) is 7.39. The highest BCUT2D eigenvalue weighted by molar-refractivity contribution is 7.98. The van der Waals surface area contributed by atoms with Crippen molar-refractivity contribution in [3.05, 3.63) is 99.2 Å². The number of aryl methyl sites for hydroxylation is 2. The Bertz CT molecular complexity index is 1760. The third kappa shape index (κ3) is 2.97. The molecule has 3 heterocycles. The zero-order chi connectivity index (χ0) is 22.6. The Balaban J connectivity index is 1.43. The smallest absolute Gasteiger partial charge is 0.268 e.